The van der Waals surface area contributed by atoms with Crippen molar-refractivity contribution in [2.24, 2.45) is 4.99 Å². The van der Waals surface area contributed by atoms with E-state index in [4.69, 9.17) is 14.6 Å². The SMILES string of the molecule is COCCN(C)C(=O)CC1(C)N=C(c2cccc(-c3ccccc3)c2)N(C)O1. The van der Waals surface area contributed by atoms with Crippen LogP contribution in [-0.2, 0) is 14.4 Å². The number of hydrogen-bond donors (Lipinski definition) is 0. The number of benzene rings is 2. The Morgan fingerprint density at radius 3 is 2.54 bits per heavy atom. The van der Waals surface area contributed by atoms with Crippen LogP contribution in [0.3, 0.4) is 0 Å². The average Bonchev–Trinajstić information content (AvgIpc) is 3.00. The fraction of sp³-hybridized carbons (Fsp3) is 0.364. The average molecular weight is 381 g/mol. The standard InChI is InChI=1S/C22H27N3O3/c1-22(16-20(26)24(2)13-14-27-4)23-21(25(3)28-22)19-12-8-11-18(15-19)17-9-6-5-7-10-17/h5-12,15H,13-14,16H2,1-4H3. The number of carbonyl (C=O) groups excluding carboxylic acids is 1. The summed E-state index contributed by atoms with van der Waals surface area (Å²) in [7, 11) is 5.20. The van der Waals surface area contributed by atoms with Crippen molar-refractivity contribution in [2.75, 3.05) is 34.4 Å². The third kappa shape index (κ3) is 4.58. The van der Waals surface area contributed by atoms with Crippen LogP contribution in [0.15, 0.2) is 59.6 Å². The molecule has 3 rings (SSSR count). The van der Waals surface area contributed by atoms with Crippen LogP contribution in [0.2, 0.25) is 0 Å². The van der Waals surface area contributed by atoms with Gasteiger partial charge in [-0.25, -0.2) is 14.9 Å². The quantitative estimate of drug-likeness (QED) is 0.739. The van der Waals surface area contributed by atoms with Crippen molar-refractivity contribution in [3.63, 3.8) is 0 Å². The van der Waals surface area contributed by atoms with E-state index in [0.29, 0.717) is 19.0 Å². The molecule has 0 saturated carbocycles. The highest BCUT2D eigenvalue weighted by Crippen LogP contribution is 2.29. The van der Waals surface area contributed by atoms with Crippen LogP contribution in [0, 0.1) is 0 Å². The molecule has 0 bridgehead atoms. The Labute approximate surface area is 166 Å². The molecule has 1 atom stereocenters. The van der Waals surface area contributed by atoms with Crippen molar-refractivity contribution in [1.29, 1.82) is 0 Å². The summed E-state index contributed by atoms with van der Waals surface area (Å²) in [5, 5.41) is 1.65. The highest BCUT2D eigenvalue weighted by Gasteiger charge is 2.38. The van der Waals surface area contributed by atoms with Gasteiger partial charge in [-0.3, -0.25) is 4.79 Å². The maximum Gasteiger partial charge on any atom is 0.227 e. The first-order valence-corrected chi connectivity index (χ1v) is 9.33. The van der Waals surface area contributed by atoms with Gasteiger partial charge in [0, 0.05) is 33.3 Å². The van der Waals surface area contributed by atoms with Gasteiger partial charge in [-0.1, -0.05) is 48.5 Å². The Balaban J connectivity index is 1.80. The number of hydroxylamine groups is 2. The van der Waals surface area contributed by atoms with E-state index in [0.717, 1.165) is 16.7 Å². The molecule has 0 fully saturated rings. The molecule has 28 heavy (non-hydrogen) atoms. The summed E-state index contributed by atoms with van der Waals surface area (Å²) < 4.78 is 5.04. The lowest BCUT2D eigenvalue weighted by Crippen LogP contribution is -2.37. The van der Waals surface area contributed by atoms with Gasteiger partial charge in [0.15, 0.2) is 11.6 Å². The van der Waals surface area contributed by atoms with Gasteiger partial charge < -0.3 is 9.64 Å². The Kier molecular flexibility index (Phi) is 6.11. The number of likely N-dealkylation sites (N-methyl/N-ethyl adjacent to an activating group) is 1. The predicted octanol–water partition coefficient (Wildman–Crippen LogP) is 3.19. The van der Waals surface area contributed by atoms with Crippen molar-refractivity contribution >= 4 is 11.7 Å². The van der Waals surface area contributed by atoms with Gasteiger partial charge in [-0.2, -0.15) is 0 Å². The van der Waals surface area contributed by atoms with Crippen LogP contribution in [0.25, 0.3) is 11.1 Å². The zero-order chi connectivity index (χ0) is 20.1. The Morgan fingerprint density at radius 1 is 1.14 bits per heavy atom. The minimum atomic E-state index is -0.925. The van der Waals surface area contributed by atoms with Crippen LogP contribution in [-0.4, -0.2) is 61.8 Å². The Hall–Kier alpha value is -2.70. The summed E-state index contributed by atoms with van der Waals surface area (Å²) in [5.41, 5.74) is 2.28. The molecule has 0 aromatic heterocycles. The van der Waals surface area contributed by atoms with Gasteiger partial charge in [0.1, 0.15) is 0 Å². The molecule has 1 aliphatic rings. The number of rotatable bonds is 7. The van der Waals surface area contributed by atoms with Crippen molar-refractivity contribution in [2.45, 2.75) is 19.1 Å². The second kappa shape index (κ2) is 8.54. The summed E-state index contributed by atoms with van der Waals surface area (Å²) in [6.07, 6.45) is 0.166. The highest BCUT2D eigenvalue weighted by atomic mass is 16.7. The Morgan fingerprint density at radius 2 is 1.82 bits per heavy atom. The second-order valence-corrected chi connectivity index (χ2v) is 7.13. The number of methoxy groups -OCH3 is 1. The molecular weight excluding hydrogens is 354 g/mol. The van der Waals surface area contributed by atoms with E-state index < -0.39 is 5.72 Å². The number of nitrogens with zero attached hydrogens (tertiary/aromatic N) is 3. The molecule has 6 heteroatoms. The monoisotopic (exact) mass is 381 g/mol. The lowest BCUT2D eigenvalue weighted by atomic mass is 10.0. The van der Waals surface area contributed by atoms with Gasteiger partial charge in [0.2, 0.25) is 5.91 Å². The van der Waals surface area contributed by atoms with E-state index in [2.05, 4.69) is 24.3 Å². The fourth-order valence-corrected chi connectivity index (χ4v) is 3.21. The lowest BCUT2D eigenvalue weighted by molar-refractivity contribution is -0.170. The first kappa shape index (κ1) is 20.0. The van der Waals surface area contributed by atoms with E-state index in [1.807, 2.05) is 44.3 Å². The van der Waals surface area contributed by atoms with Gasteiger partial charge in [0.25, 0.3) is 0 Å². The molecule has 0 N–H and O–H groups in total. The smallest absolute Gasteiger partial charge is 0.227 e. The van der Waals surface area contributed by atoms with Crippen LogP contribution >= 0.6 is 0 Å². The zero-order valence-corrected chi connectivity index (χ0v) is 16.9. The fourth-order valence-electron chi connectivity index (χ4n) is 3.21. The van der Waals surface area contributed by atoms with Crippen molar-refractivity contribution < 1.29 is 14.4 Å². The maximum atomic E-state index is 12.5. The third-order valence-electron chi connectivity index (χ3n) is 4.74. The van der Waals surface area contributed by atoms with Crippen LogP contribution < -0.4 is 0 Å². The molecule has 6 nitrogen and oxygen atoms in total. The number of amides is 1. The molecule has 148 valence electrons. The zero-order valence-electron chi connectivity index (χ0n) is 16.9. The molecular formula is C22H27N3O3. The largest absolute Gasteiger partial charge is 0.383 e. The topological polar surface area (TPSA) is 54.4 Å². The number of aliphatic imine (C=N–C) groups is 1. The Bertz CT molecular complexity index is 853. The van der Waals surface area contributed by atoms with Gasteiger partial charge >= 0.3 is 0 Å². The minimum absolute atomic E-state index is 0.0315. The van der Waals surface area contributed by atoms with Crippen LogP contribution in [0.5, 0.6) is 0 Å². The molecule has 0 spiro atoms. The molecule has 1 heterocycles. The van der Waals surface area contributed by atoms with E-state index in [-0.39, 0.29) is 12.3 Å². The van der Waals surface area contributed by atoms with Crippen molar-refractivity contribution in [1.82, 2.24) is 9.96 Å². The summed E-state index contributed by atoms with van der Waals surface area (Å²) in [6.45, 7) is 2.87. The first-order chi connectivity index (χ1) is 13.4. The highest BCUT2D eigenvalue weighted by molar-refractivity contribution is 6.00. The van der Waals surface area contributed by atoms with Crippen molar-refractivity contribution in [3.8, 4) is 11.1 Å². The maximum absolute atomic E-state index is 12.5. The molecule has 1 aliphatic heterocycles. The summed E-state index contributed by atoms with van der Waals surface area (Å²) in [4.78, 5) is 24.8. The van der Waals surface area contributed by atoms with Gasteiger partial charge in [-0.05, 0) is 24.1 Å². The minimum Gasteiger partial charge on any atom is -0.383 e. The van der Waals surface area contributed by atoms with E-state index in [1.165, 1.54) is 0 Å². The van der Waals surface area contributed by atoms with Gasteiger partial charge in [0.05, 0.1) is 13.0 Å². The third-order valence-corrected chi connectivity index (χ3v) is 4.74. The van der Waals surface area contributed by atoms with E-state index in [1.54, 1.807) is 24.1 Å². The second-order valence-electron chi connectivity index (χ2n) is 7.13. The molecule has 0 saturated heterocycles. The number of amidine groups is 1. The molecule has 1 unspecified atom stereocenters. The molecule has 1 amide bonds. The normalized spacial score (nSPS) is 18.9. The molecule has 0 aliphatic carbocycles. The van der Waals surface area contributed by atoms with Crippen LogP contribution in [0.1, 0.15) is 18.9 Å². The predicted molar refractivity (Wildman–Crippen MR) is 110 cm³/mol. The van der Waals surface area contributed by atoms with E-state index in [9.17, 15) is 4.79 Å². The number of hydrogen-bond acceptors (Lipinski definition) is 5. The molecule has 2 aromatic carbocycles. The molecule has 0 radical (unpaired) electrons. The molecule has 2 aromatic rings. The van der Waals surface area contributed by atoms with E-state index >= 15 is 0 Å². The lowest BCUT2D eigenvalue weighted by Gasteiger charge is -2.24. The number of ether oxygens (including phenoxy) is 1. The first-order valence-electron chi connectivity index (χ1n) is 9.33. The summed E-state index contributed by atoms with van der Waals surface area (Å²) >= 11 is 0. The summed E-state index contributed by atoms with van der Waals surface area (Å²) in [6, 6.07) is 18.4. The van der Waals surface area contributed by atoms with Crippen LogP contribution in [0.4, 0.5) is 0 Å². The van der Waals surface area contributed by atoms with Gasteiger partial charge in [-0.15, -0.1) is 0 Å². The number of carbonyl (C=O) groups is 1. The summed E-state index contributed by atoms with van der Waals surface area (Å²) in [5.74, 6) is 0.684. The van der Waals surface area contributed by atoms with Crippen molar-refractivity contribution in [3.05, 3.63) is 60.2 Å².